The molecule has 1 aliphatic heterocycles. The smallest absolute Gasteiger partial charge is 0.339 e. The van der Waals surface area contributed by atoms with Crippen molar-refractivity contribution in [1.82, 2.24) is 29.4 Å². The van der Waals surface area contributed by atoms with Crippen LogP contribution in [0.4, 0.5) is 13.2 Å². The summed E-state index contributed by atoms with van der Waals surface area (Å²) in [7, 11) is 1.88. The summed E-state index contributed by atoms with van der Waals surface area (Å²) in [4.78, 5) is 16.4. The van der Waals surface area contributed by atoms with Gasteiger partial charge < -0.3 is 4.90 Å². The number of carbonyl (C=O) groups is 1. The lowest BCUT2D eigenvalue weighted by molar-refractivity contribution is -0.142. The van der Waals surface area contributed by atoms with E-state index in [1.165, 1.54) is 6.92 Å². The Hall–Kier alpha value is -2.07. The molecule has 0 atom stereocenters. The van der Waals surface area contributed by atoms with E-state index in [1.54, 1.807) is 9.58 Å². The van der Waals surface area contributed by atoms with Gasteiger partial charge in [0.2, 0.25) is 5.91 Å². The van der Waals surface area contributed by atoms with Crippen molar-refractivity contribution in [3.8, 4) is 0 Å². The van der Waals surface area contributed by atoms with Crippen LogP contribution in [0.3, 0.4) is 0 Å². The van der Waals surface area contributed by atoms with Crippen LogP contribution < -0.4 is 0 Å². The standard InChI is InChI=1S/C17H22ClF3N6O/c1-11-13(8-24(3)22-11)9-25-4-6-26(7-5-25)14(28)10-27-12(2)15(18)16(23-27)17(19,20)21/h8H,4-7,9-10H2,1-3H3. The number of halogens is 4. The number of rotatable bonds is 4. The maximum atomic E-state index is 12.9. The van der Waals surface area contributed by atoms with Crippen molar-refractivity contribution < 1.29 is 18.0 Å². The zero-order valence-corrected chi connectivity index (χ0v) is 16.7. The van der Waals surface area contributed by atoms with Gasteiger partial charge >= 0.3 is 6.18 Å². The van der Waals surface area contributed by atoms with E-state index in [0.29, 0.717) is 26.2 Å². The van der Waals surface area contributed by atoms with Crippen molar-refractivity contribution in [2.45, 2.75) is 33.1 Å². The SMILES string of the molecule is Cc1nn(C)cc1CN1CCN(C(=O)Cn2nc(C(F)(F)F)c(Cl)c2C)CC1. The minimum absolute atomic E-state index is 0.132. The van der Waals surface area contributed by atoms with Gasteiger partial charge in [-0.2, -0.15) is 23.4 Å². The molecule has 0 aliphatic carbocycles. The van der Waals surface area contributed by atoms with Crippen LogP contribution in [0.15, 0.2) is 6.20 Å². The Kier molecular flexibility index (Phi) is 5.72. The Morgan fingerprint density at radius 1 is 1.18 bits per heavy atom. The number of amides is 1. The van der Waals surface area contributed by atoms with E-state index >= 15 is 0 Å². The normalized spacial score (nSPS) is 16.0. The Morgan fingerprint density at radius 2 is 1.82 bits per heavy atom. The highest BCUT2D eigenvalue weighted by Gasteiger charge is 2.38. The summed E-state index contributed by atoms with van der Waals surface area (Å²) in [5.41, 5.74) is 1.10. The van der Waals surface area contributed by atoms with Crippen LogP contribution in [0.25, 0.3) is 0 Å². The molecule has 0 saturated carbocycles. The summed E-state index contributed by atoms with van der Waals surface area (Å²) in [6.07, 6.45) is -2.67. The number of hydrogen-bond donors (Lipinski definition) is 0. The molecular formula is C17H22ClF3N6O. The van der Waals surface area contributed by atoms with Crippen LogP contribution in [-0.2, 0) is 31.1 Å². The fourth-order valence-corrected chi connectivity index (χ4v) is 3.53. The molecule has 1 amide bonds. The molecule has 7 nitrogen and oxygen atoms in total. The maximum absolute atomic E-state index is 12.9. The van der Waals surface area contributed by atoms with Crippen LogP contribution in [0, 0.1) is 13.8 Å². The molecule has 154 valence electrons. The van der Waals surface area contributed by atoms with Crippen molar-refractivity contribution in [3.05, 3.63) is 33.9 Å². The number of aryl methyl sites for hydroxylation is 2. The average molecular weight is 419 g/mol. The van der Waals surface area contributed by atoms with Crippen LogP contribution in [0.1, 0.15) is 22.6 Å². The third kappa shape index (κ3) is 4.33. The third-order valence-electron chi connectivity index (χ3n) is 4.92. The Morgan fingerprint density at radius 3 is 2.32 bits per heavy atom. The first-order chi connectivity index (χ1) is 13.1. The second kappa shape index (κ2) is 7.75. The second-order valence-corrected chi connectivity index (χ2v) is 7.35. The van der Waals surface area contributed by atoms with Gasteiger partial charge in [-0.3, -0.25) is 19.1 Å². The van der Waals surface area contributed by atoms with Crippen molar-refractivity contribution in [2.24, 2.45) is 7.05 Å². The fraction of sp³-hybridized carbons (Fsp3) is 0.588. The van der Waals surface area contributed by atoms with Crippen LogP contribution in [0.2, 0.25) is 5.02 Å². The molecule has 1 saturated heterocycles. The third-order valence-corrected chi connectivity index (χ3v) is 5.37. The molecule has 0 bridgehead atoms. The predicted molar refractivity (Wildman–Crippen MR) is 96.8 cm³/mol. The van der Waals surface area contributed by atoms with E-state index in [0.717, 1.165) is 22.5 Å². The van der Waals surface area contributed by atoms with E-state index in [9.17, 15) is 18.0 Å². The summed E-state index contributed by atoms with van der Waals surface area (Å²) in [6, 6.07) is 0. The van der Waals surface area contributed by atoms with Crippen molar-refractivity contribution in [3.63, 3.8) is 0 Å². The molecule has 28 heavy (non-hydrogen) atoms. The molecule has 0 spiro atoms. The maximum Gasteiger partial charge on any atom is 0.436 e. The van der Waals surface area contributed by atoms with Gasteiger partial charge in [0, 0.05) is 51.5 Å². The molecule has 0 aromatic carbocycles. The first kappa shape index (κ1) is 20.7. The predicted octanol–water partition coefficient (Wildman–Crippen LogP) is 2.25. The van der Waals surface area contributed by atoms with Crippen molar-refractivity contribution >= 4 is 17.5 Å². The lowest BCUT2D eigenvalue weighted by Crippen LogP contribution is -2.49. The molecule has 0 N–H and O–H groups in total. The summed E-state index contributed by atoms with van der Waals surface area (Å²) >= 11 is 5.74. The molecule has 2 aromatic rings. The van der Waals surface area contributed by atoms with E-state index in [4.69, 9.17) is 11.6 Å². The number of nitrogens with zero attached hydrogens (tertiary/aromatic N) is 6. The molecule has 3 rings (SSSR count). The molecule has 2 aromatic heterocycles. The number of alkyl halides is 3. The van der Waals surface area contributed by atoms with Gasteiger partial charge in [-0.15, -0.1) is 0 Å². The largest absolute Gasteiger partial charge is 0.436 e. The molecule has 1 aliphatic rings. The number of hydrogen-bond acceptors (Lipinski definition) is 4. The average Bonchev–Trinajstić information content (AvgIpc) is 3.08. The lowest BCUT2D eigenvalue weighted by Gasteiger charge is -2.34. The molecular weight excluding hydrogens is 397 g/mol. The van der Waals surface area contributed by atoms with Gasteiger partial charge in [0.25, 0.3) is 0 Å². The summed E-state index contributed by atoms with van der Waals surface area (Å²) in [6.45, 7) is 6.28. The quantitative estimate of drug-likeness (QED) is 0.764. The van der Waals surface area contributed by atoms with E-state index in [2.05, 4.69) is 15.1 Å². The number of carbonyl (C=O) groups excluding carboxylic acids is 1. The Bertz CT molecular complexity index is 867. The zero-order chi connectivity index (χ0) is 20.6. The molecule has 0 radical (unpaired) electrons. The fourth-order valence-electron chi connectivity index (χ4n) is 3.29. The van der Waals surface area contributed by atoms with E-state index < -0.39 is 16.9 Å². The van der Waals surface area contributed by atoms with Crippen molar-refractivity contribution in [1.29, 1.82) is 0 Å². The highest BCUT2D eigenvalue weighted by Crippen LogP contribution is 2.35. The monoisotopic (exact) mass is 418 g/mol. The zero-order valence-electron chi connectivity index (χ0n) is 15.9. The molecule has 1 fully saturated rings. The van der Waals surface area contributed by atoms with Gasteiger partial charge in [-0.05, 0) is 13.8 Å². The second-order valence-electron chi connectivity index (χ2n) is 6.97. The van der Waals surface area contributed by atoms with Crippen LogP contribution in [-0.4, -0.2) is 61.4 Å². The van der Waals surface area contributed by atoms with Crippen LogP contribution in [0.5, 0.6) is 0 Å². The van der Waals surface area contributed by atoms with Crippen molar-refractivity contribution in [2.75, 3.05) is 26.2 Å². The highest BCUT2D eigenvalue weighted by molar-refractivity contribution is 6.32. The summed E-state index contributed by atoms with van der Waals surface area (Å²) in [5.74, 6) is -0.270. The van der Waals surface area contributed by atoms with E-state index in [-0.39, 0.29) is 18.1 Å². The summed E-state index contributed by atoms with van der Waals surface area (Å²) in [5, 5.41) is 7.36. The van der Waals surface area contributed by atoms with E-state index in [1.807, 2.05) is 20.2 Å². The minimum Gasteiger partial charge on any atom is -0.339 e. The topological polar surface area (TPSA) is 59.2 Å². The first-order valence-electron chi connectivity index (χ1n) is 8.85. The molecule has 0 unspecified atom stereocenters. The summed E-state index contributed by atoms with van der Waals surface area (Å²) < 4.78 is 41.6. The number of piperazine rings is 1. The highest BCUT2D eigenvalue weighted by atomic mass is 35.5. The van der Waals surface area contributed by atoms with Crippen LogP contribution >= 0.6 is 11.6 Å². The minimum atomic E-state index is -4.65. The van der Waals surface area contributed by atoms with Gasteiger partial charge in [0.05, 0.1) is 16.4 Å². The Balaban J connectivity index is 1.58. The number of aromatic nitrogens is 4. The Labute approximate surface area is 165 Å². The van der Waals surface area contributed by atoms with Gasteiger partial charge in [0.15, 0.2) is 5.69 Å². The van der Waals surface area contributed by atoms with Gasteiger partial charge in [-0.1, -0.05) is 11.6 Å². The lowest BCUT2D eigenvalue weighted by atomic mass is 10.2. The molecule has 3 heterocycles. The van der Waals surface area contributed by atoms with Gasteiger partial charge in [0.1, 0.15) is 6.54 Å². The van der Waals surface area contributed by atoms with Gasteiger partial charge in [-0.25, -0.2) is 0 Å². The molecule has 11 heteroatoms. The first-order valence-corrected chi connectivity index (χ1v) is 9.23.